The first-order valence-corrected chi connectivity index (χ1v) is 14.6. The lowest BCUT2D eigenvalue weighted by atomic mass is 10.1. The first kappa shape index (κ1) is 34.3. The van der Waals surface area contributed by atoms with Crippen LogP contribution in [0.3, 0.4) is 0 Å². The van der Waals surface area contributed by atoms with E-state index in [4.69, 9.17) is 9.47 Å². The normalized spacial score (nSPS) is 13.6. The number of methoxy groups -OCH3 is 1. The molecule has 6 aromatic rings. The van der Waals surface area contributed by atoms with Crippen molar-refractivity contribution in [2.45, 2.75) is 31.6 Å². The van der Waals surface area contributed by atoms with Gasteiger partial charge in [0.15, 0.2) is 11.3 Å². The van der Waals surface area contributed by atoms with Gasteiger partial charge in [-0.05, 0) is 78.4 Å². The van der Waals surface area contributed by atoms with E-state index in [1.54, 1.807) is 6.07 Å². The molecule has 0 atom stereocenters. The zero-order valence-corrected chi connectivity index (χ0v) is 25.5. The smallest absolute Gasteiger partial charge is 0.496 e. The third-order valence-corrected chi connectivity index (χ3v) is 7.40. The molecule has 1 aliphatic rings. The standard InChI is InChI=1S/C17H14F3N3O.C15H9F6N3O2/c18-17(19,20)16-22-21-15-8-5-13(9-23(15)16)12-3-6-14(7-4-12)24-10-11-1-2-11;1-25-11-6-9(26-15(19,20)21)3-4-10(11)8-2-5-12-22-23-13(14(16,17)18)24(12)7-8/h3-9,11H,1-2,10H2;2-7H,1H3. The van der Waals surface area contributed by atoms with Gasteiger partial charge in [0, 0.05) is 29.6 Å². The predicted molar refractivity (Wildman–Crippen MR) is 158 cm³/mol. The summed E-state index contributed by atoms with van der Waals surface area (Å²) in [6.07, 6.45) is -9.17. The number of benzene rings is 2. The summed E-state index contributed by atoms with van der Waals surface area (Å²) in [5, 5.41) is 13.3. The number of hydrogen-bond donors (Lipinski definition) is 0. The fourth-order valence-electron chi connectivity index (χ4n) is 4.85. The van der Waals surface area contributed by atoms with Gasteiger partial charge in [-0.25, -0.2) is 0 Å². The second-order valence-electron chi connectivity index (χ2n) is 11.0. The highest BCUT2D eigenvalue weighted by molar-refractivity contribution is 5.72. The minimum Gasteiger partial charge on any atom is -0.496 e. The second kappa shape index (κ2) is 13.1. The van der Waals surface area contributed by atoms with Gasteiger partial charge in [0.25, 0.3) is 0 Å². The first-order chi connectivity index (χ1) is 23.6. The molecule has 4 aromatic heterocycles. The van der Waals surface area contributed by atoms with Crippen LogP contribution in [-0.2, 0) is 12.4 Å². The van der Waals surface area contributed by atoms with E-state index in [0.717, 1.165) is 45.1 Å². The minimum atomic E-state index is -4.88. The lowest BCUT2D eigenvalue weighted by Gasteiger charge is -2.13. The number of pyridine rings is 2. The van der Waals surface area contributed by atoms with Gasteiger partial charge in [-0.3, -0.25) is 8.80 Å². The Morgan fingerprint density at radius 3 is 1.68 bits per heavy atom. The van der Waals surface area contributed by atoms with Gasteiger partial charge in [-0.15, -0.1) is 33.6 Å². The molecule has 4 heterocycles. The number of halogens is 9. The van der Waals surface area contributed by atoms with Crippen molar-refractivity contribution in [3.8, 4) is 39.5 Å². The predicted octanol–water partition coefficient (Wildman–Crippen LogP) is 8.53. The third kappa shape index (κ3) is 7.84. The zero-order valence-electron chi connectivity index (χ0n) is 25.5. The molecule has 2 aromatic carbocycles. The highest BCUT2D eigenvalue weighted by Gasteiger charge is 2.38. The minimum absolute atomic E-state index is 0.00673. The molecule has 1 saturated carbocycles. The van der Waals surface area contributed by atoms with Gasteiger partial charge in [0.05, 0.1) is 13.7 Å². The van der Waals surface area contributed by atoms with Gasteiger partial charge >= 0.3 is 18.7 Å². The molecule has 50 heavy (non-hydrogen) atoms. The summed E-state index contributed by atoms with van der Waals surface area (Å²) >= 11 is 0. The Hall–Kier alpha value is -5.55. The molecule has 9 nitrogen and oxygen atoms in total. The lowest BCUT2D eigenvalue weighted by Crippen LogP contribution is -2.17. The monoisotopic (exact) mass is 710 g/mol. The quantitative estimate of drug-likeness (QED) is 0.154. The molecule has 0 aliphatic heterocycles. The van der Waals surface area contributed by atoms with Crippen molar-refractivity contribution in [3.63, 3.8) is 0 Å². The molecule has 262 valence electrons. The molecule has 0 amide bonds. The Morgan fingerprint density at radius 2 is 1.16 bits per heavy atom. The van der Waals surface area contributed by atoms with Crippen molar-refractivity contribution < 1.29 is 53.7 Å². The summed E-state index contributed by atoms with van der Waals surface area (Å²) in [7, 11) is 1.22. The van der Waals surface area contributed by atoms with Crippen molar-refractivity contribution >= 4 is 11.3 Å². The van der Waals surface area contributed by atoms with E-state index in [1.807, 2.05) is 24.3 Å². The molecule has 0 radical (unpaired) electrons. The van der Waals surface area contributed by atoms with Crippen LogP contribution in [-0.4, -0.2) is 49.3 Å². The largest absolute Gasteiger partial charge is 0.573 e. The van der Waals surface area contributed by atoms with Gasteiger partial charge in [0.1, 0.15) is 17.2 Å². The molecule has 18 heteroatoms. The maximum atomic E-state index is 13.0. The number of hydrogen-bond acceptors (Lipinski definition) is 7. The molecule has 0 saturated heterocycles. The van der Waals surface area contributed by atoms with Crippen molar-refractivity contribution in [1.82, 2.24) is 29.2 Å². The average molecular weight is 711 g/mol. The Morgan fingerprint density at radius 1 is 0.640 bits per heavy atom. The summed E-state index contributed by atoms with van der Waals surface area (Å²) in [4.78, 5) is 0. The summed E-state index contributed by atoms with van der Waals surface area (Å²) in [5.74, 6) is -1.32. The first-order valence-electron chi connectivity index (χ1n) is 14.6. The van der Waals surface area contributed by atoms with Crippen LogP contribution in [0.25, 0.3) is 33.5 Å². The van der Waals surface area contributed by atoms with E-state index in [-0.39, 0.29) is 28.2 Å². The lowest BCUT2D eigenvalue weighted by molar-refractivity contribution is -0.274. The van der Waals surface area contributed by atoms with Gasteiger partial charge in [-0.2, -0.15) is 26.3 Å². The van der Waals surface area contributed by atoms with Crippen LogP contribution < -0.4 is 14.2 Å². The van der Waals surface area contributed by atoms with Crippen molar-refractivity contribution in [2.75, 3.05) is 13.7 Å². The van der Waals surface area contributed by atoms with Crippen LogP contribution in [0.4, 0.5) is 39.5 Å². The van der Waals surface area contributed by atoms with Crippen LogP contribution in [0.5, 0.6) is 17.2 Å². The Bertz CT molecular complexity index is 2120. The van der Waals surface area contributed by atoms with E-state index in [0.29, 0.717) is 11.5 Å². The van der Waals surface area contributed by atoms with E-state index in [1.165, 1.54) is 50.4 Å². The number of nitrogens with zero attached hydrogens (tertiary/aromatic N) is 6. The Labute approximate surface area is 275 Å². The van der Waals surface area contributed by atoms with Crippen LogP contribution >= 0.6 is 0 Å². The molecule has 1 fully saturated rings. The molecule has 1 aliphatic carbocycles. The zero-order chi connectivity index (χ0) is 35.8. The fraction of sp³-hybridized carbons (Fsp3) is 0.250. The number of rotatable bonds is 7. The van der Waals surface area contributed by atoms with E-state index < -0.39 is 36.1 Å². The average Bonchev–Trinajstić information content (AvgIpc) is 3.61. The molecule has 0 bridgehead atoms. The van der Waals surface area contributed by atoms with Gasteiger partial charge in [0.2, 0.25) is 11.6 Å². The van der Waals surface area contributed by atoms with Crippen LogP contribution in [0, 0.1) is 5.92 Å². The van der Waals surface area contributed by atoms with Crippen LogP contribution in [0.15, 0.2) is 79.1 Å². The van der Waals surface area contributed by atoms with Crippen LogP contribution in [0.2, 0.25) is 0 Å². The highest BCUT2D eigenvalue weighted by Crippen LogP contribution is 2.37. The number of aromatic nitrogens is 6. The van der Waals surface area contributed by atoms with E-state index in [9.17, 15) is 39.5 Å². The molecule has 0 N–H and O–H groups in total. The molecule has 0 unspecified atom stereocenters. The highest BCUT2D eigenvalue weighted by atomic mass is 19.4. The maximum Gasteiger partial charge on any atom is 0.573 e. The fourth-order valence-corrected chi connectivity index (χ4v) is 4.85. The summed E-state index contributed by atoms with van der Waals surface area (Å²) in [5.41, 5.74) is 2.12. The van der Waals surface area contributed by atoms with Crippen molar-refractivity contribution in [3.05, 3.63) is 90.8 Å². The second-order valence-corrected chi connectivity index (χ2v) is 11.0. The number of fused-ring (bicyclic) bond motifs is 2. The number of ether oxygens (including phenoxy) is 3. The van der Waals surface area contributed by atoms with E-state index in [2.05, 4.69) is 25.1 Å². The molecular weight excluding hydrogens is 687 g/mol. The Kier molecular flexibility index (Phi) is 8.96. The summed E-state index contributed by atoms with van der Waals surface area (Å²) in [6, 6.07) is 16.6. The van der Waals surface area contributed by atoms with Crippen molar-refractivity contribution in [1.29, 1.82) is 0 Å². The van der Waals surface area contributed by atoms with E-state index >= 15 is 0 Å². The molecular formula is C32H23F9N6O3. The van der Waals surface area contributed by atoms with Crippen molar-refractivity contribution in [2.24, 2.45) is 5.92 Å². The maximum absolute atomic E-state index is 13.0. The number of alkyl halides is 9. The SMILES string of the molecule is COc1cc(OC(F)(F)F)ccc1-c1ccc2nnc(C(F)(F)F)n2c1.FC(F)(F)c1nnc2ccc(-c3ccc(OCC4CC4)cc3)cn12. The third-order valence-electron chi connectivity index (χ3n) is 7.40. The topological polar surface area (TPSA) is 88.1 Å². The molecule has 0 spiro atoms. The van der Waals surface area contributed by atoms with Gasteiger partial charge in [-0.1, -0.05) is 12.1 Å². The van der Waals surface area contributed by atoms with Crippen LogP contribution in [0.1, 0.15) is 24.5 Å². The van der Waals surface area contributed by atoms with Gasteiger partial charge < -0.3 is 14.2 Å². The molecule has 7 rings (SSSR count). The summed E-state index contributed by atoms with van der Waals surface area (Å²) < 4.78 is 131. The Balaban J connectivity index is 0.000000173. The summed E-state index contributed by atoms with van der Waals surface area (Å²) in [6.45, 7) is 0.723.